The molecule has 0 radical (unpaired) electrons. The minimum atomic E-state index is -0.388. The molecule has 0 bridgehead atoms. The zero-order chi connectivity index (χ0) is 10.8. The highest BCUT2D eigenvalue weighted by molar-refractivity contribution is 6.36. The topological polar surface area (TPSA) is 107 Å². The molecule has 0 spiro atoms. The third kappa shape index (κ3) is 1.86. The lowest BCUT2D eigenvalue weighted by Crippen LogP contribution is -2.24. The van der Waals surface area contributed by atoms with Crippen LogP contribution >= 0.6 is 0 Å². The molecule has 5 heteroatoms. The van der Waals surface area contributed by atoms with Crippen LogP contribution in [0.2, 0.25) is 0 Å². The number of rotatable bonds is 2. The number of benzene rings is 1. The highest BCUT2D eigenvalue weighted by atomic mass is 16.2. The van der Waals surface area contributed by atoms with Crippen LogP contribution in [0.5, 0.6) is 0 Å². The summed E-state index contributed by atoms with van der Waals surface area (Å²) in [6.45, 7) is 0.0712. The number of imide groups is 1. The van der Waals surface area contributed by atoms with E-state index in [4.69, 9.17) is 5.73 Å². The SMILES string of the molecule is N.NCC1=C(c2ccccc2)C(=O)NC1=O. The van der Waals surface area contributed by atoms with Crippen LogP contribution in [0.3, 0.4) is 0 Å². The zero-order valence-electron chi connectivity index (χ0n) is 8.69. The summed E-state index contributed by atoms with van der Waals surface area (Å²) < 4.78 is 0. The van der Waals surface area contributed by atoms with E-state index in [2.05, 4.69) is 5.32 Å². The summed E-state index contributed by atoms with van der Waals surface area (Å²) >= 11 is 0. The van der Waals surface area contributed by atoms with Gasteiger partial charge in [0.05, 0.1) is 5.57 Å². The highest BCUT2D eigenvalue weighted by Crippen LogP contribution is 2.22. The molecule has 1 aliphatic rings. The summed E-state index contributed by atoms with van der Waals surface area (Å²) in [4.78, 5) is 22.8. The quantitative estimate of drug-likeness (QED) is 0.618. The summed E-state index contributed by atoms with van der Waals surface area (Å²) in [5.74, 6) is -0.756. The zero-order valence-corrected chi connectivity index (χ0v) is 8.69. The summed E-state index contributed by atoms with van der Waals surface area (Å²) in [6, 6.07) is 9.03. The van der Waals surface area contributed by atoms with E-state index in [9.17, 15) is 9.59 Å². The van der Waals surface area contributed by atoms with Crippen LogP contribution in [0.4, 0.5) is 0 Å². The Kier molecular flexibility index (Phi) is 3.55. The van der Waals surface area contributed by atoms with Crippen molar-refractivity contribution >= 4 is 17.4 Å². The second-order valence-corrected chi connectivity index (χ2v) is 3.21. The van der Waals surface area contributed by atoms with Gasteiger partial charge in [-0.25, -0.2) is 0 Å². The Morgan fingerprint density at radius 2 is 1.69 bits per heavy atom. The normalized spacial score (nSPS) is 14.8. The van der Waals surface area contributed by atoms with Crippen molar-refractivity contribution in [2.45, 2.75) is 0 Å². The van der Waals surface area contributed by atoms with E-state index in [0.29, 0.717) is 11.1 Å². The maximum absolute atomic E-state index is 11.5. The molecule has 0 aromatic heterocycles. The van der Waals surface area contributed by atoms with Crippen molar-refractivity contribution < 1.29 is 9.59 Å². The fourth-order valence-electron chi connectivity index (χ4n) is 1.60. The molecule has 2 rings (SSSR count). The Balaban J connectivity index is 0.00000128. The van der Waals surface area contributed by atoms with Crippen LogP contribution in [-0.2, 0) is 9.59 Å². The van der Waals surface area contributed by atoms with Gasteiger partial charge in [-0.05, 0) is 5.56 Å². The Bertz CT molecular complexity index is 452. The molecule has 2 amide bonds. The molecule has 0 fully saturated rings. The molecule has 1 aromatic rings. The summed E-state index contributed by atoms with van der Waals surface area (Å²) in [7, 11) is 0. The van der Waals surface area contributed by atoms with Crippen LogP contribution in [0, 0.1) is 0 Å². The molecule has 0 saturated heterocycles. The van der Waals surface area contributed by atoms with E-state index in [1.54, 1.807) is 12.1 Å². The van der Waals surface area contributed by atoms with Crippen LogP contribution < -0.4 is 17.2 Å². The van der Waals surface area contributed by atoms with Gasteiger partial charge in [0.15, 0.2) is 0 Å². The maximum atomic E-state index is 11.5. The van der Waals surface area contributed by atoms with Crippen LogP contribution in [0.25, 0.3) is 5.57 Å². The fraction of sp³-hybridized carbons (Fsp3) is 0.0909. The summed E-state index contributed by atoms with van der Waals surface area (Å²) in [6.07, 6.45) is 0. The molecule has 1 aromatic carbocycles. The Morgan fingerprint density at radius 3 is 2.25 bits per heavy atom. The molecule has 16 heavy (non-hydrogen) atoms. The maximum Gasteiger partial charge on any atom is 0.259 e. The first kappa shape index (κ1) is 12.1. The summed E-state index contributed by atoms with van der Waals surface area (Å²) in [5.41, 5.74) is 6.91. The van der Waals surface area contributed by atoms with Gasteiger partial charge in [0, 0.05) is 12.1 Å². The van der Waals surface area contributed by atoms with Crippen LogP contribution in [0.1, 0.15) is 5.56 Å². The van der Waals surface area contributed by atoms with Crippen molar-refractivity contribution in [3.05, 3.63) is 41.5 Å². The third-order valence-corrected chi connectivity index (χ3v) is 2.30. The average molecular weight is 219 g/mol. The predicted octanol–water partition coefficient (Wildman–Crippen LogP) is 0.217. The minimum absolute atomic E-state index is 0. The number of amides is 2. The molecule has 0 saturated carbocycles. The van der Waals surface area contributed by atoms with Gasteiger partial charge in [0.25, 0.3) is 11.8 Å². The largest absolute Gasteiger partial charge is 0.344 e. The average Bonchev–Trinajstić information content (AvgIpc) is 2.54. The van der Waals surface area contributed by atoms with E-state index < -0.39 is 0 Å². The molecule has 5 nitrogen and oxygen atoms in total. The molecular weight excluding hydrogens is 206 g/mol. The number of carbonyl (C=O) groups excluding carboxylic acids is 2. The second-order valence-electron chi connectivity index (χ2n) is 3.21. The van der Waals surface area contributed by atoms with Gasteiger partial charge < -0.3 is 11.9 Å². The minimum Gasteiger partial charge on any atom is -0.344 e. The van der Waals surface area contributed by atoms with Crippen molar-refractivity contribution in [1.82, 2.24) is 11.5 Å². The number of nitrogens with one attached hydrogen (secondary N) is 1. The third-order valence-electron chi connectivity index (χ3n) is 2.30. The predicted molar refractivity (Wildman–Crippen MR) is 60.6 cm³/mol. The standard InChI is InChI=1S/C11H10N2O2.H3N/c12-6-8-9(11(15)13-10(8)14)7-4-2-1-3-5-7;/h1-5H,6,12H2,(H,13,14,15);1H3. The first-order chi connectivity index (χ1) is 7.24. The van der Waals surface area contributed by atoms with Crippen LogP contribution in [-0.4, -0.2) is 18.4 Å². The molecule has 1 aliphatic heterocycles. The fourth-order valence-corrected chi connectivity index (χ4v) is 1.60. The smallest absolute Gasteiger partial charge is 0.259 e. The van der Waals surface area contributed by atoms with Gasteiger partial charge in [0.1, 0.15) is 0 Å². The van der Waals surface area contributed by atoms with Gasteiger partial charge in [-0.2, -0.15) is 0 Å². The lowest BCUT2D eigenvalue weighted by Gasteiger charge is -2.00. The second kappa shape index (κ2) is 4.69. The number of nitrogens with two attached hydrogens (primary N) is 1. The lowest BCUT2D eigenvalue weighted by molar-refractivity contribution is -0.123. The molecule has 84 valence electrons. The van der Waals surface area contributed by atoms with E-state index in [1.165, 1.54) is 0 Å². The Labute approximate surface area is 92.9 Å². The number of carbonyl (C=O) groups is 2. The lowest BCUT2D eigenvalue weighted by atomic mass is 10.0. The van der Waals surface area contributed by atoms with Crippen molar-refractivity contribution in [3.8, 4) is 0 Å². The number of hydrogen-bond donors (Lipinski definition) is 3. The molecule has 1 heterocycles. The van der Waals surface area contributed by atoms with Crippen molar-refractivity contribution in [3.63, 3.8) is 0 Å². The number of hydrogen-bond acceptors (Lipinski definition) is 4. The molecular formula is C11H13N3O2. The Hall–Kier alpha value is -1.98. The highest BCUT2D eigenvalue weighted by Gasteiger charge is 2.29. The van der Waals surface area contributed by atoms with Gasteiger partial charge in [-0.3, -0.25) is 14.9 Å². The van der Waals surface area contributed by atoms with E-state index in [1.807, 2.05) is 18.2 Å². The van der Waals surface area contributed by atoms with E-state index in [-0.39, 0.29) is 24.5 Å². The van der Waals surface area contributed by atoms with Crippen molar-refractivity contribution in [2.24, 2.45) is 5.73 Å². The van der Waals surface area contributed by atoms with Gasteiger partial charge in [0.2, 0.25) is 0 Å². The van der Waals surface area contributed by atoms with Gasteiger partial charge in [-0.1, -0.05) is 30.3 Å². The Morgan fingerprint density at radius 1 is 1.06 bits per heavy atom. The molecule has 6 N–H and O–H groups in total. The van der Waals surface area contributed by atoms with E-state index >= 15 is 0 Å². The first-order valence-electron chi connectivity index (χ1n) is 4.58. The van der Waals surface area contributed by atoms with Gasteiger partial charge >= 0.3 is 0 Å². The summed E-state index contributed by atoms with van der Waals surface area (Å²) in [5, 5.41) is 2.23. The van der Waals surface area contributed by atoms with E-state index in [0.717, 1.165) is 5.56 Å². The molecule has 0 aliphatic carbocycles. The van der Waals surface area contributed by atoms with Gasteiger partial charge in [-0.15, -0.1) is 0 Å². The van der Waals surface area contributed by atoms with Crippen molar-refractivity contribution in [2.75, 3.05) is 6.54 Å². The monoisotopic (exact) mass is 219 g/mol. The molecule has 0 atom stereocenters. The van der Waals surface area contributed by atoms with Crippen molar-refractivity contribution in [1.29, 1.82) is 0 Å². The van der Waals surface area contributed by atoms with Crippen LogP contribution in [0.15, 0.2) is 35.9 Å². The first-order valence-corrected chi connectivity index (χ1v) is 4.58. The molecule has 0 unspecified atom stereocenters.